The Morgan fingerprint density at radius 1 is 1.32 bits per heavy atom. The molecule has 4 rings (SSSR count). The average Bonchev–Trinajstić information content (AvgIpc) is 3.37. The number of likely N-dealkylation sites (tertiary alicyclic amines) is 1. The third-order valence-electron chi connectivity index (χ3n) is 4.88. The third kappa shape index (κ3) is 4.05. The molecule has 0 radical (unpaired) electrons. The number of hydrogen-bond acceptors (Lipinski definition) is 7. The van der Waals surface area contributed by atoms with Crippen molar-refractivity contribution in [3.8, 4) is 0 Å². The summed E-state index contributed by atoms with van der Waals surface area (Å²) in [6, 6.07) is 7.65. The molecular formula is C19H23N5O4. The molecular weight excluding hydrogens is 362 g/mol. The average molecular weight is 385 g/mol. The fourth-order valence-electron chi connectivity index (χ4n) is 3.33. The summed E-state index contributed by atoms with van der Waals surface area (Å²) < 4.78 is 16.1. The number of H-pyrrole nitrogens is 1. The molecule has 1 aromatic carbocycles. The number of nitrogens with zero attached hydrogens (tertiary/aromatic N) is 4. The first-order valence-corrected chi connectivity index (χ1v) is 9.39. The monoisotopic (exact) mass is 385 g/mol. The Bertz CT molecular complexity index is 929. The molecule has 1 amide bonds. The van der Waals surface area contributed by atoms with Crippen LogP contribution in [0.25, 0.3) is 10.9 Å². The number of carbonyl (C=O) groups excluding carboxylic acids is 1. The molecule has 1 saturated heterocycles. The van der Waals surface area contributed by atoms with Gasteiger partial charge >= 0.3 is 0 Å². The lowest BCUT2D eigenvalue weighted by Gasteiger charge is -2.31. The van der Waals surface area contributed by atoms with Crippen LogP contribution in [0, 0.1) is 0 Å². The van der Waals surface area contributed by atoms with Crippen LogP contribution in [-0.4, -0.2) is 64.1 Å². The molecule has 9 nitrogen and oxygen atoms in total. The number of fused-ring (bicyclic) bond motifs is 1. The van der Waals surface area contributed by atoms with Crippen molar-refractivity contribution in [3.63, 3.8) is 0 Å². The lowest BCUT2D eigenvalue weighted by molar-refractivity contribution is -0.00984. The number of hydrogen-bond donors (Lipinski definition) is 1. The predicted octanol–water partition coefficient (Wildman–Crippen LogP) is 1.96. The molecule has 2 aromatic heterocycles. The van der Waals surface area contributed by atoms with Crippen molar-refractivity contribution in [2.45, 2.75) is 32.0 Å². The molecule has 0 spiro atoms. The van der Waals surface area contributed by atoms with Crippen LogP contribution >= 0.6 is 0 Å². The van der Waals surface area contributed by atoms with Gasteiger partial charge < -0.3 is 18.9 Å². The maximum Gasteiger partial charge on any atom is 0.274 e. The normalized spacial score (nSPS) is 15.4. The van der Waals surface area contributed by atoms with Gasteiger partial charge in [-0.15, -0.1) is 0 Å². The van der Waals surface area contributed by atoms with Crippen LogP contribution in [0.15, 0.2) is 28.8 Å². The van der Waals surface area contributed by atoms with Crippen LogP contribution in [-0.2, 0) is 22.5 Å². The minimum absolute atomic E-state index is 0.0458. The maximum absolute atomic E-state index is 12.8. The number of nitrogens with one attached hydrogen (secondary N) is 1. The van der Waals surface area contributed by atoms with E-state index >= 15 is 0 Å². The van der Waals surface area contributed by atoms with E-state index in [1.54, 1.807) is 7.11 Å². The summed E-state index contributed by atoms with van der Waals surface area (Å²) >= 11 is 0. The van der Waals surface area contributed by atoms with E-state index in [1.807, 2.05) is 29.2 Å². The van der Waals surface area contributed by atoms with Gasteiger partial charge in [-0.05, 0) is 18.9 Å². The fraction of sp³-hybridized carbons (Fsp3) is 0.474. The number of aromatic nitrogens is 4. The number of para-hydroxylation sites is 1. The summed E-state index contributed by atoms with van der Waals surface area (Å²) in [6.45, 7) is 2.10. The van der Waals surface area contributed by atoms with Gasteiger partial charge in [-0.25, -0.2) is 0 Å². The van der Waals surface area contributed by atoms with Gasteiger partial charge in [0.2, 0.25) is 0 Å². The Morgan fingerprint density at radius 2 is 2.14 bits per heavy atom. The largest absolute Gasteiger partial charge is 0.384 e. The van der Waals surface area contributed by atoms with Gasteiger partial charge in [0.05, 0.1) is 18.2 Å². The highest BCUT2D eigenvalue weighted by Gasteiger charge is 2.26. The minimum Gasteiger partial charge on any atom is -0.384 e. The van der Waals surface area contributed by atoms with Gasteiger partial charge in [-0.2, -0.15) is 10.1 Å². The molecule has 1 fully saturated rings. The molecule has 1 aliphatic rings. The van der Waals surface area contributed by atoms with Crippen molar-refractivity contribution >= 4 is 16.8 Å². The molecule has 0 bridgehead atoms. The van der Waals surface area contributed by atoms with E-state index in [-0.39, 0.29) is 18.6 Å². The van der Waals surface area contributed by atoms with Crippen molar-refractivity contribution in [1.29, 1.82) is 0 Å². The number of aromatic amines is 1. The van der Waals surface area contributed by atoms with E-state index in [2.05, 4.69) is 20.3 Å². The van der Waals surface area contributed by atoms with Crippen LogP contribution in [0.5, 0.6) is 0 Å². The first-order valence-electron chi connectivity index (χ1n) is 9.39. The Morgan fingerprint density at radius 3 is 2.96 bits per heavy atom. The summed E-state index contributed by atoms with van der Waals surface area (Å²) in [5, 5.41) is 11.9. The summed E-state index contributed by atoms with van der Waals surface area (Å²) in [6.07, 6.45) is 2.20. The van der Waals surface area contributed by atoms with Crippen LogP contribution in [0.3, 0.4) is 0 Å². The molecule has 28 heavy (non-hydrogen) atoms. The van der Waals surface area contributed by atoms with Crippen molar-refractivity contribution in [3.05, 3.63) is 41.7 Å². The minimum atomic E-state index is -0.0458. The van der Waals surface area contributed by atoms with Crippen LogP contribution in [0.2, 0.25) is 0 Å². The van der Waals surface area contributed by atoms with Gasteiger partial charge in [0, 0.05) is 32.0 Å². The zero-order chi connectivity index (χ0) is 19.3. The van der Waals surface area contributed by atoms with Gasteiger partial charge in [-0.3, -0.25) is 9.89 Å². The second kappa shape index (κ2) is 8.49. The summed E-state index contributed by atoms with van der Waals surface area (Å²) in [7, 11) is 1.63. The van der Waals surface area contributed by atoms with Crippen molar-refractivity contribution in [2.75, 3.05) is 26.8 Å². The van der Waals surface area contributed by atoms with Crippen LogP contribution in [0.1, 0.15) is 35.0 Å². The maximum atomic E-state index is 12.8. The summed E-state index contributed by atoms with van der Waals surface area (Å²) in [5.41, 5.74) is 1.35. The van der Waals surface area contributed by atoms with Crippen LogP contribution in [0.4, 0.5) is 0 Å². The lowest BCUT2D eigenvalue weighted by atomic mass is 10.1. The van der Waals surface area contributed by atoms with E-state index < -0.39 is 0 Å². The topological polar surface area (TPSA) is 106 Å². The first kappa shape index (κ1) is 18.6. The quantitative estimate of drug-likeness (QED) is 0.662. The SMILES string of the molecule is COCCc1noc(COC2CCN(C(=O)c3n[nH]c4ccccc34)CC2)n1. The standard InChI is InChI=1S/C19H23N5O4/c1-26-11-8-16-20-17(28-23-16)12-27-13-6-9-24(10-7-13)19(25)18-14-4-2-3-5-15(14)21-22-18/h2-5,13H,6-12H2,1H3,(H,21,22). The highest BCUT2D eigenvalue weighted by atomic mass is 16.5. The van der Waals surface area contributed by atoms with E-state index in [0.29, 0.717) is 43.5 Å². The first-order chi connectivity index (χ1) is 13.7. The van der Waals surface area contributed by atoms with Gasteiger partial charge in [0.1, 0.15) is 6.61 Å². The van der Waals surface area contributed by atoms with Crippen molar-refractivity contribution in [2.24, 2.45) is 0 Å². The Kier molecular flexibility index (Phi) is 5.63. The van der Waals surface area contributed by atoms with E-state index in [1.165, 1.54) is 0 Å². The van der Waals surface area contributed by atoms with Crippen molar-refractivity contribution < 1.29 is 18.8 Å². The second-order valence-corrected chi connectivity index (χ2v) is 6.77. The molecule has 3 aromatic rings. The second-order valence-electron chi connectivity index (χ2n) is 6.77. The third-order valence-corrected chi connectivity index (χ3v) is 4.88. The molecule has 0 atom stereocenters. The van der Waals surface area contributed by atoms with Crippen molar-refractivity contribution in [1.82, 2.24) is 25.2 Å². The zero-order valence-electron chi connectivity index (χ0n) is 15.8. The number of carbonyl (C=O) groups is 1. The highest BCUT2D eigenvalue weighted by Crippen LogP contribution is 2.21. The van der Waals surface area contributed by atoms with Gasteiger partial charge in [0.25, 0.3) is 11.8 Å². The molecule has 1 N–H and O–H groups in total. The van der Waals surface area contributed by atoms with E-state index in [4.69, 9.17) is 14.0 Å². The Hall–Kier alpha value is -2.78. The molecule has 148 valence electrons. The highest BCUT2D eigenvalue weighted by molar-refractivity contribution is 6.04. The Balaban J connectivity index is 1.27. The lowest BCUT2D eigenvalue weighted by Crippen LogP contribution is -2.41. The number of rotatable bonds is 7. The van der Waals surface area contributed by atoms with Gasteiger partial charge in [-0.1, -0.05) is 23.4 Å². The zero-order valence-corrected chi connectivity index (χ0v) is 15.8. The Labute approximate surface area is 162 Å². The summed E-state index contributed by atoms with van der Waals surface area (Å²) in [5.74, 6) is 1.04. The molecule has 3 heterocycles. The molecule has 0 saturated carbocycles. The molecule has 9 heteroatoms. The molecule has 0 unspecified atom stereocenters. The predicted molar refractivity (Wildman–Crippen MR) is 99.7 cm³/mol. The van der Waals surface area contributed by atoms with Crippen LogP contribution < -0.4 is 0 Å². The smallest absolute Gasteiger partial charge is 0.274 e. The number of benzene rings is 1. The van der Waals surface area contributed by atoms with E-state index in [9.17, 15) is 4.79 Å². The number of piperidine rings is 1. The number of methoxy groups -OCH3 is 1. The number of amides is 1. The van der Waals surface area contributed by atoms with Gasteiger partial charge in [0.15, 0.2) is 11.5 Å². The summed E-state index contributed by atoms with van der Waals surface area (Å²) in [4.78, 5) is 18.9. The fourth-order valence-corrected chi connectivity index (χ4v) is 3.33. The number of ether oxygens (including phenoxy) is 2. The molecule has 0 aliphatic carbocycles. The molecule has 1 aliphatic heterocycles. The van der Waals surface area contributed by atoms with E-state index in [0.717, 1.165) is 23.7 Å².